The number of rotatable bonds is 6. The minimum atomic E-state index is -1.06. The molecule has 31 heavy (non-hydrogen) atoms. The standard InChI is InChI=1S/C24H26N4O3/c29-22-21(23(30)28(24(31)26-22)17-19-9-5-2-6-10-19)15-25-20-11-13-27(14-12-20)16-18-7-3-1-4-8-18/h1-10,15,20-21H,11-14,16-17H2,(H,26,29,31)/p+1. The quantitative estimate of drug-likeness (QED) is 0.545. The molecule has 2 fully saturated rings. The summed E-state index contributed by atoms with van der Waals surface area (Å²) < 4.78 is 0. The first-order valence-electron chi connectivity index (χ1n) is 10.7. The molecule has 0 radical (unpaired) electrons. The lowest BCUT2D eigenvalue weighted by Crippen LogP contribution is -3.12. The summed E-state index contributed by atoms with van der Waals surface area (Å²) in [5.74, 6) is -2.18. The summed E-state index contributed by atoms with van der Waals surface area (Å²) in [4.78, 5) is 44.4. The number of nitrogens with one attached hydrogen (secondary N) is 2. The molecule has 2 aromatic carbocycles. The van der Waals surface area contributed by atoms with Crippen LogP contribution < -0.4 is 10.2 Å². The molecule has 7 nitrogen and oxygen atoms in total. The Balaban J connectivity index is 1.34. The van der Waals surface area contributed by atoms with Crippen molar-refractivity contribution in [3.8, 4) is 0 Å². The zero-order valence-corrected chi connectivity index (χ0v) is 17.4. The third-order valence-corrected chi connectivity index (χ3v) is 5.88. The van der Waals surface area contributed by atoms with E-state index in [1.807, 2.05) is 36.4 Å². The van der Waals surface area contributed by atoms with Gasteiger partial charge >= 0.3 is 6.03 Å². The number of amides is 4. The fourth-order valence-corrected chi connectivity index (χ4v) is 4.11. The fraction of sp³-hybridized carbons (Fsp3) is 0.333. The molecule has 2 aliphatic rings. The average molecular weight is 420 g/mol. The van der Waals surface area contributed by atoms with Crippen molar-refractivity contribution in [2.45, 2.75) is 32.0 Å². The number of likely N-dealkylation sites (tertiary alicyclic amines) is 1. The number of piperidine rings is 1. The third kappa shape index (κ3) is 5.24. The maximum Gasteiger partial charge on any atom is 0.331 e. The highest BCUT2D eigenvalue weighted by Crippen LogP contribution is 2.15. The number of urea groups is 1. The van der Waals surface area contributed by atoms with Crippen molar-refractivity contribution in [3.63, 3.8) is 0 Å². The molecule has 2 aromatic rings. The Hall–Kier alpha value is -3.32. The average Bonchev–Trinajstić information content (AvgIpc) is 2.79. The second kappa shape index (κ2) is 9.66. The molecule has 2 N–H and O–H groups in total. The third-order valence-electron chi connectivity index (χ3n) is 5.88. The maximum absolute atomic E-state index is 12.8. The van der Waals surface area contributed by atoms with Crippen LogP contribution in [0.15, 0.2) is 65.7 Å². The fourth-order valence-electron chi connectivity index (χ4n) is 4.11. The van der Waals surface area contributed by atoms with E-state index < -0.39 is 23.8 Å². The summed E-state index contributed by atoms with van der Waals surface area (Å²) in [6.07, 6.45) is 3.26. The number of hydrogen-bond acceptors (Lipinski definition) is 4. The minimum Gasteiger partial charge on any atom is -0.331 e. The van der Waals surface area contributed by atoms with Gasteiger partial charge < -0.3 is 4.90 Å². The number of imide groups is 2. The van der Waals surface area contributed by atoms with Crippen LogP contribution in [-0.4, -0.2) is 48.1 Å². The van der Waals surface area contributed by atoms with E-state index in [-0.39, 0.29) is 12.6 Å². The summed E-state index contributed by atoms with van der Waals surface area (Å²) in [5.41, 5.74) is 2.15. The number of carbonyl (C=O) groups excluding carboxylic acids is 3. The lowest BCUT2D eigenvalue weighted by atomic mass is 10.0. The number of hydrogen-bond donors (Lipinski definition) is 2. The van der Waals surface area contributed by atoms with Gasteiger partial charge in [-0.05, 0) is 5.56 Å². The molecule has 4 amide bonds. The van der Waals surface area contributed by atoms with Crippen LogP contribution in [-0.2, 0) is 22.7 Å². The van der Waals surface area contributed by atoms with Gasteiger partial charge in [0.1, 0.15) is 6.54 Å². The second-order valence-electron chi connectivity index (χ2n) is 8.12. The number of benzene rings is 2. The van der Waals surface area contributed by atoms with Crippen LogP contribution in [0.5, 0.6) is 0 Å². The van der Waals surface area contributed by atoms with E-state index in [1.54, 1.807) is 0 Å². The zero-order valence-electron chi connectivity index (χ0n) is 17.4. The van der Waals surface area contributed by atoms with E-state index in [1.165, 1.54) is 16.7 Å². The summed E-state index contributed by atoms with van der Waals surface area (Å²) >= 11 is 0. The summed E-state index contributed by atoms with van der Waals surface area (Å²) in [6, 6.07) is 19.1. The zero-order chi connectivity index (χ0) is 21.6. The summed E-state index contributed by atoms with van der Waals surface area (Å²) in [7, 11) is 0. The van der Waals surface area contributed by atoms with Crippen LogP contribution in [0.4, 0.5) is 4.79 Å². The lowest BCUT2D eigenvalue weighted by molar-refractivity contribution is -0.918. The molecule has 1 atom stereocenters. The van der Waals surface area contributed by atoms with Crippen molar-refractivity contribution in [2.24, 2.45) is 10.9 Å². The van der Waals surface area contributed by atoms with Crippen molar-refractivity contribution in [2.75, 3.05) is 13.1 Å². The molecule has 160 valence electrons. The first kappa shape index (κ1) is 20.9. The van der Waals surface area contributed by atoms with Gasteiger partial charge in [-0.3, -0.25) is 24.8 Å². The Morgan fingerprint density at radius 2 is 1.55 bits per heavy atom. The van der Waals surface area contributed by atoms with Gasteiger partial charge in [0.15, 0.2) is 5.92 Å². The Morgan fingerprint density at radius 3 is 2.19 bits per heavy atom. The second-order valence-corrected chi connectivity index (χ2v) is 8.12. The minimum absolute atomic E-state index is 0.0975. The van der Waals surface area contributed by atoms with Crippen molar-refractivity contribution in [1.82, 2.24) is 10.2 Å². The summed E-state index contributed by atoms with van der Waals surface area (Å²) in [5, 5.41) is 2.28. The maximum atomic E-state index is 12.8. The number of aliphatic imine (C=N–C) groups is 1. The summed E-state index contributed by atoms with van der Waals surface area (Å²) in [6.45, 7) is 3.13. The van der Waals surface area contributed by atoms with Crippen LogP contribution in [0.2, 0.25) is 0 Å². The highest BCUT2D eigenvalue weighted by molar-refractivity contribution is 6.23. The van der Waals surface area contributed by atoms with E-state index in [0.717, 1.165) is 42.9 Å². The number of nitrogens with zero attached hydrogens (tertiary/aromatic N) is 2. The largest absolute Gasteiger partial charge is 0.331 e. The van der Waals surface area contributed by atoms with Gasteiger partial charge in [0.2, 0.25) is 11.8 Å². The molecule has 2 heterocycles. The van der Waals surface area contributed by atoms with Crippen molar-refractivity contribution >= 4 is 24.1 Å². The van der Waals surface area contributed by atoms with E-state index in [4.69, 9.17) is 0 Å². The molecule has 2 saturated heterocycles. The van der Waals surface area contributed by atoms with Crippen LogP contribution >= 0.6 is 0 Å². The van der Waals surface area contributed by atoms with Crippen LogP contribution in [0.1, 0.15) is 24.0 Å². The molecule has 7 heteroatoms. The van der Waals surface area contributed by atoms with Gasteiger partial charge in [0.25, 0.3) is 0 Å². The Morgan fingerprint density at radius 1 is 0.935 bits per heavy atom. The number of barbiturate groups is 1. The van der Waals surface area contributed by atoms with Crippen molar-refractivity contribution in [1.29, 1.82) is 0 Å². The normalized spacial score (nSPS) is 24.5. The van der Waals surface area contributed by atoms with Crippen molar-refractivity contribution < 1.29 is 19.3 Å². The molecule has 0 saturated carbocycles. The van der Waals surface area contributed by atoms with Crippen LogP contribution in [0.25, 0.3) is 0 Å². The van der Waals surface area contributed by atoms with E-state index in [9.17, 15) is 14.4 Å². The monoisotopic (exact) mass is 419 g/mol. The van der Waals surface area contributed by atoms with Crippen molar-refractivity contribution in [3.05, 3.63) is 71.8 Å². The van der Waals surface area contributed by atoms with Gasteiger partial charge in [-0.15, -0.1) is 0 Å². The highest BCUT2D eigenvalue weighted by atomic mass is 16.2. The Labute approximate surface area is 181 Å². The van der Waals surface area contributed by atoms with Gasteiger partial charge in [-0.25, -0.2) is 4.79 Å². The SMILES string of the molecule is O=C1NC(=O)N(Cc2ccccc2)C(=O)C1C=NC1CC[NH+](Cc2ccccc2)CC1. The molecular formula is C24H27N4O3+. The topological polar surface area (TPSA) is 83.3 Å². The molecule has 0 aliphatic carbocycles. The Bertz CT molecular complexity index is 953. The van der Waals surface area contributed by atoms with Crippen LogP contribution in [0, 0.1) is 5.92 Å². The predicted molar refractivity (Wildman–Crippen MR) is 116 cm³/mol. The first-order valence-corrected chi connectivity index (χ1v) is 10.7. The molecule has 0 spiro atoms. The smallest absolute Gasteiger partial charge is 0.331 e. The molecule has 4 rings (SSSR count). The number of quaternary nitrogens is 1. The lowest BCUT2D eigenvalue weighted by Gasteiger charge is -2.29. The first-order chi connectivity index (χ1) is 15.1. The van der Waals surface area contributed by atoms with Gasteiger partial charge in [-0.2, -0.15) is 0 Å². The Kier molecular flexibility index (Phi) is 6.52. The van der Waals surface area contributed by atoms with Gasteiger partial charge in [-0.1, -0.05) is 60.7 Å². The molecule has 0 bridgehead atoms. The predicted octanol–water partition coefficient (Wildman–Crippen LogP) is 1.20. The van der Waals surface area contributed by atoms with E-state index >= 15 is 0 Å². The molecular weight excluding hydrogens is 392 g/mol. The van der Waals surface area contributed by atoms with Gasteiger partial charge in [0.05, 0.1) is 25.7 Å². The molecule has 1 unspecified atom stereocenters. The van der Waals surface area contributed by atoms with Crippen LogP contribution in [0.3, 0.4) is 0 Å². The van der Waals surface area contributed by atoms with E-state index in [2.05, 4.69) is 34.6 Å². The van der Waals surface area contributed by atoms with Gasteiger partial charge in [0, 0.05) is 24.6 Å². The highest BCUT2D eigenvalue weighted by Gasteiger charge is 2.39. The van der Waals surface area contributed by atoms with E-state index in [0.29, 0.717) is 0 Å². The number of carbonyl (C=O) groups is 3. The molecule has 2 aliphatic heterocycles. The molecule has 0 aromatic heterocycles.